The molecule has 0 radical (unpaired) electrons. The Bertz CT molecular complexity index is 129. The van der Waals surface area contributed by atoms with Gasteiger partial charge in [0.05, 0.1) is 12.7 Å². The molecular weight excluding hydrogens is 134 g/mol. The number of nitrogens with one attached hydrogen (secondary N) is 1. The second-order valence-corrected chi connectivity index (χ2v) is 2.44. The van der Waals surface area contributed by atoms with Crippen LogP contribution in [0.2, 0.25) is 0 Å². The molecule has 1 saturated heterocycles. The number of hydrogen-bond acceptors (Lipinski definition) is 3. The highest BCUT2D eigenvalue weighted by atomic mass is 16.5. The molecule has 1 aliphatic heterocycles. The van der Waals surface area contributed by atoms with Crippen molar-refractivity contribution in [2.75, 3.05) is 13.2 Å². The molecule has 0 aromatic carbocycles. The summed E-state index contributed by atoms with van der Waals surface area (Å²) >= 11 is 0. The minimum atomic E-state index is -0.841. The highest BCUT2D eigenvalue weighted by Gasteiger charge is 2.22. The molecule has 58 valence electrons. The summed E-state index contributed by atoms with van der Waals surface area (Å²) in [6, 6.07) is -0.517. The summed E-state index contributed by atoms with van der Waals surface area (Å²) in [6.07, 6.45) is 0.135. The van der Waals surface area contributed by atoms with Crippen LogP contribution < -0.4 is 5.32 Å². The Balaban J connectivity index is 2.33. The van der Waals surface area contributed by atoms with Crippen LogP contribution in [0.25, 0.3) is 0 Å². The Kier molecular flexibility index (Phi) is 2.24. The zero-order valence-electron chi connectivity index (χ0n) is 5.83. The monoisotopic (exact) mass is 145 g/mol. The fourth-order valence-electron chi connectivity index (χ4n) is 0.845. The largest absolute Gasteiger partial charge is 0.480 e. The summed E-state index contributed by atoms with van der Waals surface area (Å²) in [7, 11) is 0. The van der Waals surface area contributed by atoms with Crippen molar-refractivity contribution >= 4 is 5.97 Å². The third-order valence-corrected chi connectivity index (χ3v) is 1.50. The van der Waals surface area contributed by atoms with Crippen molar-refractivity contribution in [2.24, 2.45) is 0 Å². The lowest BCUT2D eigenvalue weighted by Gasteiger charge is -2.25. The highest BCUT2D eigenvalue weighted by molar-refractivity contribution is 5.73. The lowest BCUT2D eigenvalue weighted by molar-refractivity contribution is -0.143. The number of carboxylic acids is 1. The summed E-state index contributed by atoms with van der Waals surface area (Å²) in [5, 5.41) is 11.3. The van der Waals surface area contributed by atoms with Gasteiger partial charge in [0.25, 0.3) is 0 Å². The van der Waals surface area contributed by atoms with Gasteiger partial charge in [0.15, 0.2) is 0 Å². The molecule has 4 heteroatoms. The fourth-order valence-corrected chi connectivity index (χ4v) is 0.845. The SMILES string of the molecule is C[C@@H]1CN[C@H](C(=O)O)CO1. The van der Waals surface area contributed by atoms with Crippen molar-refractivity contribution in [3.05, 3.63) is 0 Å². The second-order valence-electron chi connectivity index (χ2n) is 2.44. The molecule has 1 fully saturated rings. The molecule has 2 N–H and O–H groups in total. The average Bonchev–Trinajstić information content (AvgIpc) is 1.88. The maximum Gasteiger partial charge on any atom is 0.323 e. The number of aliphatic carboxylic acids is 1. The van der Waals surface area contributed by atoms with Crippen LogP contribution in [-0.2, 0) is 9.53 Å². The van der Waals surface area contributed by atoms with E-state index in [1.54, 1.807) is 0 Å². The first-order valence-corrected chi connectivity index (χ1v) is 3.28. The van der Waals surface area contributed by atoms with E-state index in [2.05, 4.69) is 5.32 Å². The zero-order chi connectivity index (χ0) is 7.56. The zero-order valence-corrected chi connectivity index (χ0v) is 5.83. The number of morpholine rings is 1. The van der Waals surface area contributed by atoms with Crippen molar-refractivity contribution in [1.82, 2.24) is 5.32 Å². The minimum absolute atomic E-state index is 0.135. The average molecular weight is 145 g/mol. The van der Waals surface area contributed by atoms with Gasteiger partial charge in [-0.2, -0.15) is 0 Å². The first-order valence-electron chi connectivity index (χ1n) is 3.28. The van der Waals surface area contributed by atoms with Crippen molar-refractivity contribution in [2.45, 2.75) is 19.1 Å². The Morgan fingerprint density at radius 3 is 2.90 bits per heavy atom. The van der Waals surface area contributed by atoms with Gasteiger partial charge in [-0.05, 0) is 6.92 Å². The van der Waals surface area contributed by atoms with E-state index in [0.717, 1.165) is 0 Å². The first kappa shape index (κ1) is 7.50. The van der Waals surface area contributed by atoms with Crippen LogP contribution in [0.1, 0.15) is 6.92 Å². The van der Waals surface area contributed by atoms with Gasteiger partial charge in [-0.1, -0.05) is 0 Å². The Morgan fingerprint density at radius 1 is 1.80 bits per heavy atom. The van der Waals surface area contributed by atoms with Crippen LogP contribution in [-0.4, -0.2) is 36.4 Å². The molecule has 0 unspecified atom stereocenters. The summed E-state index contributed by atoms with van der Waals surface area (Å²) in [6.45, 7) is 2.80. The summed E-state index contributed by atoms with van der Waals surface area (Å²) in [5.74, 6) is -0.841. The predicted octanol–water partition coefficient (Wildman–Crippen LogP) is -0.552. The van der Waals surface area contributed by atoms with Crippen LogP contribution in [0, 0.1) is 0 Å². The number of carbonyl (C=O) groups is 1. The topological polar surface area (TPSA) is 58.6 Å². The molecule has 0 bridgehead atoms. The van der Waals surface area contributed by atoms with E-state index in [4.69, 9.17) is 9.84 Å². The lowest BCUT2D eigenvalue weighted by atomic mass is 10.2. The summed E-state index contributed by atoms with van der Waals surface area (Å²) in [5.41, 5.74) is 0. The molecule has 0 spiro atoms. The first-order chi connectivity index (χ1) is 4.70. The van der Waals surface area contributed by atoms with E-state index in [1.165, 1.54) is 0 Å². The van der Waals surface area contributed by atoms with Gasteiger partial charge >= 0.3 is 5.97 Å². The van der Waals surface area contributed by atoms with Crippen LogP contribution in [0.4, 0.5) is 0 Å². The number of hydrogen-bond donors (Lipinski definition) is 2. The molecule has 0 aromatic rings. The fraction of sp³-hybridized carbons (Fsp3) is 0.833. The van der Waals surface area contributed by atoms with Crippen LogP contribution in [0.5, 0.6) is 0 Å². The smallest absolute Gasteiger partial charge is 0.323 e. The van der Waals surface area contributed by atoms with Crippen LogP contribution >= 0.6 is 0 Å². The van der Waals surface area contributed by atoms with Crippen molar-refractivity contribution in [3.8, 4) is 0 Å². The second kappa shape index (κ2) is 2.98. The van der Waals surface area contributed by atoms with Gasteiger partial charge in [-0.3, -0.25) is 10.1 Å². The van der Waals surface area contributed by atoms with Crippen molar-refractivity contribution in [3.63, 3.8) is 0 Å². The van der Waals surface area contributed by atoms with Gasteiger partial charge in [0, 0.05) is 6.54 Å². The van der Waals surface area contributed by atoms with Gasteiger partial charge in [-0.15, -0.1) is 0 Å². The van der Waals surface area contributed by atoms with Crippen molar-refractivity contribution < 1.29 is 14.6 Å². The van der Waals surface area contributed by atoms with Gasteiger partial charge in [0.2, 0.25) is 0 Å². The predicted molar refractivity (Wildman–Crippen MR) is 34.8 cm³/mol. The van der Waals surface area contributed by atoms with Gasteiger partial charge in [-0.25, -0.2) is 0 Å². The van der Waals surface area contributed by atoms with E-state index < -0.39 is 12.0 Å². The normalized spacial score (nSPS) is 33.7. The van der Waals surface area contributed by atoms with Crippen molar-refractivity contribution in [1.29, 1.82) is 0 Å². The Labute approximate surface area is 59.2 Å². The number of carboxylic acid groups (broad SMARTS) is 1. The number of rotatable bonds is 1. The Hall–Kier alpha value is -0.610. The van der Waals surface area contributed by atoms with E-state index in [-0.39, 0.29) is 12.7 Å². The third kappa shape index (κ3) is 1.68. The number of ether oxygens (including phenoxy) is 1. The standard InChI is InChI=1S/C6H11NO3/c1-4-2-7-5(3-10-4)6(8)9/h4-5,7H,2-3H2,1H3,(H,8,9)/t4-,5+/m1/s1. The Morgan fingerprint density at radius 2 is 2.50 bits per heavy atom. The molecule has 0 aromatic heterocycles. The third-order valence-electron chi connectivity index (χ3n) is 1.50. The molecule has 1 aliphatic rings. The molecule has 4 nitrogen and oxygen atoms in total. The quantitative estimate of drug-likeness (QED) is 0.519. The maximum atomic E-state index is 10.3. The molecule has 2 atom stereocenters. The highest BCUT2D eigenvalue weighted by Crippen LogP contribution is 1.99. The summed E-state index contributed by atoms with van der Waals surface area (Å²) < 4.78 is 5.11. The maximum absolute atomic E-state index is 10.3. The molecule has 10 heavy (non-hydrogen) atoms. The van der Waals surface area contributed by atoms with Gasteiger partial charge < -0.3 is 9.84 Å². The lowest BCUT2D eigenvalue weighted by Crippen LogP contribution is -2.49. The summed E-state index contributed by atoms with van der Waals surface area (Å²) in [4.78, 5) is 10.3. The van der Waals surface area contributed by atoms with Gasteiger partial charge in [0.1, 0.15) is 6.04 Å². The van der Waals surface area contributed by atoms with Crippen LogP contribution in [0.3, 0.4) is 0 Å². The van der Waals surface area contributed by atoms with E-state index >= 15 is 0 Å². The minimum Gasteiger partial charge on any atom is -0.480 e. The molecular formula is C6H11NO3. The van der Waals surface area contributed by atoms with E-state index in [1.807, 2.05) is 6.92 Å². The van der Waals surface area contributed by atoms with E-state index in [0.29, 0.717) is 6.54 Å². The molecule has 1 rings (SSSR count). The molecule has 1 heterocycles. The van der Waals surface area contributed by atoms with Crippen LogP contribution in [0.15, 0.2) is 0 Å². The molecule has 0 amide bonds. The van der Waals surface area contributed by atoms with E-state index in [9.17, 15) is 4.79 Å². The molecule has 0 aliphatic carbocycles. The molecule has 0 saturated carbocycles.